The summed E-state index contributed by atoms with van der Waals surface area (Å²) in [6.45, 7) is 0. The van der Waals surface area contributed by atoms with Crippen molar-refractivity contribution in [3.63, 3.8) is 0 Å². The summed E-state index contributed by atoms with van der Waals surface area (Å²) in [5.41, 5.74) is 1.22. The second-order valence-electron chi connectivity index (χ2n) is 6.68. The minimum Gasteiger partial charge on any atom is -0.481 e. The van der Waals surface area contributed by atoms with Crippen LogP contribution in [-0.4, -0.2) is 33.0 Å². The highest BCUT2D eigenvalue weighted by molar-refractivity contribution is 5.94. The lowest BCUT2D eigenvalue weighted by atomic mass is 9.86. The van der Waals surface area contributed by atoms with Gasteiger partial charge in [-0.25, -0.2) is 9.97 Å². The molecule has 6 heteroatoms. The highest BCUT2D eigenvalue weighted by Gasteiger charge is 2.30. The van der Waals surface area contributed by atoms with Gasteiger partial charge in [-0.2, -0.15) is 0 Å². The Balaban J connectivity index is 1.70. The summed E-state index contributed by atoms with van der Waals surface area (Å²) in [7, 11) is 0. The van der Waals surface area contributed by atoms with E-state index >= 15 is 0 Å². The maximum Gasteiger partial charge on any atom is 0.308 e. The average Bonchev–Trinajstić information content (AvgIpc) is 2.64. The number of carbonyl (C=O) groups excluding carboxylic acids is 1. The number of aliphatic carboxylic acids is 1. The SMILES string of the molecule is O=C(NC1CCCCCCC1C(=O)O)c1cnc(-c2ccccc2)nc1. The molecule has 1 aliphatic carbocycles. The molecule has 1 amide bonds. The van der Waals surface area contributed by atoms with Crippen molar-refractivity contribution >= 4 is 11.9 Å². The number of carboxylic acids is 1. The molecule has 26 heavy (non-hydrogen) atoms. The van der Waals surface area contributed by atoms with Crippen LogP contribution in [0.5, 0.6) is 0 Å². The summed E-state index contributed by atoms with van der Waals surface area (Å²) in [5, 5.41) is 12.4. The van der Waals surface area contributed by atoms with Gasteiger partial charge in [0.25, 0.3) is 5.91 Å². The van der Waals surface area contributed by atoms with E-state index < -0.39 is 11.9 Å². The Bertz CT molecular complexity index is 747. The molecule has 2 atom stereocenters. The first-order chi connectivity index (χ1) is 12.6. The number of nitrogens with one attached hydrogen (secondary N) is 1. The van der Waals surface area contributed by atoms with Crippen LogP contribution in [0.1, 0.15) is 48.9 Å². The molecule has 1 heterocycles. The second-order valence-corrected chi connectivity index (χ2v) is 6.68. The molecule has 2 aromatic rings. The maximum absolute atomic E-state index is 12.5. The average molecular weight is 353 g/mol. The number of aromatic nitrogens is 2. The Labute approximate surface area is 152 Å². The second kappa shape index (κ2) is 8.56. The van der Waals surface area contributed by atoms with Gasteiger partial charge in [0, 0.05) is 24.0 Å². The fourth-order valence-electron chi connectivity index (χ4n) is 3.39. The predicted octanol–water partition coefficient (Wildman–Crippen LogP) is 3.30. The summed E-state index contributed by atoms with van der Waals surface area (Å²) in [5.74, 6) is -1.14. The summed E-state index contributed by atoms with van der Waals surface area (Å²) < 4.78 is 0. The molecular weight excluding hydrogens is 330 g/mol. The van der Waals surface area contributed by atoms with Gasteiger partial charge in [-0.15, -0.1) is 0 Å². The maximum atomic E-state index is 12.5. The standard InChI is InChI=1S/C20H23N3O3/c24-19(23-17-11-7-2-1-6-10-16(17)20(25)26)15-12-21-18(22-13-15)14-8-4-3-5-9-14/h3-5,8-9,12-13,16-17H,1-2,6-7,10-11H2,(H,23,24)(H,25,26). The molecule has 3 rings (SSSR count). The van der Waals surface area contributed by atoms with Crippen molar-refractivity contribution in [1.82, 2.24) is 15.3 Å². The molecule has 0 saturated heterocycles. The van der Waals surface area contributed by atoms with Crippen molar-refractivity contribution < 1.29 is 14.7 Å². The minimum atomic E-state index is -0.840. The first kappa shape index (κ1) is 18.0. The number of nitrogens with zero attached hydrogens (tertiary/aromatic N) is 2. The zero-order valence-corrected chi connectivity index (χ0v) is 14.6. The lowest BCUT2D eigenvalue weighted by Crippen LogP contribution is -2.44. The Morgan fingerprint density at radius 2 is 1.62 bits per heavy atom. The Morgan fingerprint density at radius 1 is 0.962 bits per heavy atom. The number of hydrogen-bond donors (Lipinski definition) is 2. The fourth-order valence-corrected chi connectivity index (χ4v) is 3.39. The van der Waals surface area contributed by atoms with Gasteiger partial charge < -0.3 is 10.4 Å². The van der Waals surface area contributed by atoms with Gasteiger partial charge in [-0.05, 0) is 12.8 Å². The highest BCUT2D eigenvalue weighted by atomic mass is 16.4. The lowest BCUT2D eigenvalue weighted by Gasteiger charge is -2.27. The molecule has 1 aliphatic rings. The molecule has 2 N–H and O–H groups in total. The zero-order chi connectivity index (χ0) is 18.4. The largest absolute Gasteiger partial charge is 0.481 e. The monoisotopic (exact) mass is 353 g/mol. The molecule has 6 nitrogen and oxygen atoms in total. The molecule has 2 unspecified atom stereocenters. The minimum absolute atomic E-state index is 0.318. The third kappa shape index (κ3) is 4.45. The topological polar surface area (TPSA) is 92.2 Å². The van der Waals surface area contributed by atoms with Crippen LogP contribution in [-0.2, 0) is 4.79 Å². The van der Waals surface area contributed by atoms with Gasteiger partial charge in [-0.3, -0.25) is 9.59 Å². The normalized spacial score (nSPS) is 20.6. The van der Waals surface area contributed by atoms with Crippen molar-refractivity contribution in [3.05, 3.63) is 48.3 Å². The number of hydrogen-bond acceptors (Lipinski definition) is 4. The molecular formula is C20H23N3O3. The van der Waals surface area contributed by atoms with E-state index in [0.29, 0.717) is 24.2 Å². The van der Waals surface area contributed by atoms with Crippen LogP contribution in [0.3, 0.4) is 0 Å². The third-order valence-corrected chi connectivity index (χ3v) is 4.85. The van der Waals surface area contributed by atoms with E-state index in [1.54, 1.807) is 0 Å². The van der Waals surface area contributed by atoms with Crippen LogP contribution in [0.2, 0.25) is 0 Å². The molecule has 1 aromatic carbocycles. The molecule has 136 valence electrons. The van der Waals surface area contributed by atoms with E-state index in [-0.39, 0.29) is 11.9 Å². The van der Waals surface area contributed by atoms with E-state index in [1.165, 1.54) is 12.4 Å². The molecule has 0 bridgehead atoms. The number of carboxylic acid groups (broad SMARTS) is 1. The van der Waals surface area contributed by atoms with Crippen LogP contribution in [0.25, 0.3) is 11.4 Å². The number of amides is 1. The van der Waals surface area contributed by atoms with E-state index in [2.05, 4.69) is 15.3 Å². The van der Waals surface area contributed by atoms with Gasteiger partial charge in [0.2, 0.25) is 0 Å². The van der Waals surface area contributed by atoms with Gasteiger partial charge in [0.05, 0.1) is 11.5 Å². The van der Waals surface area contributed by atoms with Gasteiger partial charge >= 0.3 is 5.97 Å². The summed E-state index contributed by atoms with van der Waals surface area (Å²) >= 11 is 0. The Hall–Kier alpha value is -2.76. The predicted molar refractivity (Wildman–Crippen MR) is 97.6 cm³/mol. The summed E-state index contributed by atoms with van der Waals surface area (Å²) in [6, 6.07) is 9.18. The summed E-state index contributed by atoms with van der Waals surface area (Å²) in [4.78, 5) is 32.6. The molecule has 1 aromatic heterocycles. The first-order valence-electron chi connectivity index (χ1n) is 9.06. The van der Waals surface area contributed by atoms with Gasteiger partial charge in [0.1, 0.15) is 0 Å². The van der Waals surface area contributed by atoms with Gasteiger partial charge in [-0.1, -0.05) is 56.0 Å². The van der Waals surface area contributed by atoms with Crippen LogP contribution < -0.4 is 5.32 Å². The third-order valence-electron chi connectivity index (χ3n) is 4.85. The first-order valence-corrected chi connectivity index (χ1v) is 9.06. The number of carbonyl (C=O) groups is 2. The van der Waals surface area contributed by atoms with Crippen molar-refractivity contribution in [2.24, 2.45) is 5.92 Å². The molecule has 0 aliphatic heterocycles. The molecule has 1 fully saturated rings. The van der Waals surface area contributed by atoms with Crippen molar-refractivity contribution in [3.8, 4) is 11.4 Å². The Kier molecular flexibility index (Phi) is 5.94. The number of benzene rings is 1. The molecule has 0 spiro atoms. The Morgan fingerprint density at radius 3 is 2.27 bits per heavy atom. The van der Waals surface area contributed by atoms with Crippen LogP contribution in [0.4, 0.5) is 0 Å². The van der Waals surface area contributed by atoms with Crippen molar-refractivity contribution in [1.29, 1.82) is 0 Å². The fraction of sp³-hybridized carbons (Fsp3) is 0.400. The van der Waals surface area contributed by atoms with E-state index in [1.807, 2.05) is 30.3 Å². The van der Waals surface area contributed by atoms with Crippen LogP contribution in [0.15, 0.2) is 42.7 Å². The lowest BCUT2D eigenvalue weighted by molar-refractivity contribution is -0.143. The van der Waals surface area contributed by atoms with E-state index in [9.17, 15) is 14.7 Å². The quantitative estimate of drug-likeness (QED) is 0.880. The van der Waals surface area contributed by atoms with Crippen molar-refractivity contribution in [2.45, 2.75) is 44.6 Å². The van der Waals surface area contributed by atoms with Crippen molar-refractivity contribution in [2.75, 3.05) is 0 Å². The van der Waals surface area contributed by atoms with Crippen LogP contribution in [0, 0.1) is 5.92 Å². The zero-order valence-electron chi connectivity index (χ0n) is 14.6. The molecule has 1 saturated carbocycles. The highest BCUT2D eigenvalue weighted by Crippen LogP contribution is 2.23. The molecule has 0 radical (unpaired) electrons. The number of rotatable bonds is 4. The smallest absolute Gasteiger partial charge is 0.308 e. The summed E-state index contributed by atoms with van der Waals surface area (Å²) in [6.07, 6.45) is 8.21. The van der Waals surface area contributed by atoms with Crippen LogP contribution >= 0.6 is 0 Å². The van der Waals surface area contributed by atoms with E-state index in [4.69, 9.17) is 0 Å². The van der Waals surface area contributed by atoms with Gasteiger partial charge in [0.15, 0.2) is 5.82 Å². The van der Waals surface area contributed by atoms with E-state index in [0.717, 1.165) is 31.2 Å².